The van der Waals surface area contributed by atoms with E-state index in [-0.39, 0.29) is 18.3 Å². The summed E-state index contributed by atoms with van der Waals surface area (Å²) in [6.07, 6.45) is 1.48. The van der Waals surface area contributed by atoms with Crippen LogP contribution >= 0.6 is 0 Å². The molecule has 0 aromatic heterocycles. The number of carboxylic acids is 1. The zero-order chi connectivity index (χ0) is 20.7. The highest BCUT2D eigenvalue weighted by Crippen LogP contribution is 2.32. The lowest BCUT2D eigenvalue weighted by molar-refractivity contribution is -0.139. The summed E-state index contributed by atoms with van der Waals surface area (Å²) >= 11 is 0. The molecule has 1 aliphatic rings. The second kappa shape index (κ2) is 10.3. The fourth-order valence-corrected chi connectivity index (χ4v) is 5.23. The van der Waals surface area contributed by atoms with Crippen LogP contribution in [0, 0.1) is 11.8 Å². The molecular weight excluding hydrogens is 378 g/mol. The number of benzene rings is 1. The Morgan fingerprint density at radius 1 is 1.11 bits per heavy atom. The zero-order valence-electron chi connectivity index (χ0n) is 17.1. The molecule has 7 nitrogen and oxygen atoms in total. The molecular formula is C20H33N3O4S. The van der Waals surface area contributed by atoms with Gasteiger partial charge in [0, 0.05) is 32.6 Å². The standard InChI is InChI=1S/C20H33N3O4S/c1-21(2)13-14-22(3)11-9-18-16-23(12-10-17(18)15-20(24)25)28(26,27)19-7-5-4-6-8-19/h4-8,17-18H,9-16H2,1-3H3,(H,24,25). The van der Waals surface area contributed by atoms with Gasteiger partial charge in [-0.3, -0.25) is 4.79 Å². The highest BCUT2D eigenvalue weighted by Gasteiger charge is 2.36. The Balaban J connectivity index is 2.06. The van der Waals surface area contributed by atoms with Crippen LogP contribution in [-0.4, -0.2) is 87.5 Å². The molecule has 2 atom stereocenters. The van der Waals surface area contributed by atoms with Gasteiger partial charge in [0.1, 0.15) is 0 Å². The Hall–Kier alpha value is -1.48. The first-order valence-corrected chi connectivity index (χ1v) is 11.2. The number of hydrogen-bond donors (Lipinski definition) is 1. The summed E-state index contributed by atoms with van der Waals surface area (Å²) in [5.74, 6) is -0.748. The quantitative estimate of drug-likeness (QED) is 0.631. The van der Waals surface area contributed by atoms with E-state index >= 15 is 0 Å². The predicted octanol–water partition coefficient (Wildman–Crippen LogP) is 1.67. The summed E-state index contributed by atoms with van der Waals surface area (Å²) in [6.45, 7) is 3.47. The number of rotatable bonds is 10. The van der Waals surface area contributed by atoms with Gasteiger partial charge in [0.2, 0.25) is 10.0 Å². The van der Waals surface area contributed by atoms with Crippen molar-refractivity contribution in [1.29, 1.82) is 0 Å². The van der Waals surface area contributed by atoms with E-state index < -0.39 is 16.0 Å². The van der Waals surface area contributed by atoms with Crippen molar-refractivity contribution in [3.63, 3.8) is 0 Å². The Morgan fingerprint density at radius 2 is 1.79 bits per heavy atom. The molecule has 0 amide bonds. The number of piperidine rings is 1. The lowest BCUT2D eigenvalue weighted by Gasteiger charge is -2.38. The average Bonchev–Trinajstić information content (AvgIpc) is 2.65. The van der Waals surface area contributed by atoms with E-state index in [9.17, 15) is 18.3 Å². The molecule has 2 unspecified atom stereocenters. The molecule has 158 valence electrons. The topological polar surface area (TPSA) is 81.2 Å². The van der Waals surface area contributed by atoms with E-state index in [1.54, 1.807) is 30.3 Å². The second-order valence-electron chi connectivity index (χ2n) is 7.98. The lowest BCUT2D eigenvalue weighted by atomic mass is 9.82. The van der Waals surface area contributed by atoms with Crippen molar-refractivity contribution in [3.05, 3.63) is 30.3 Å². The molecule has 0 radical (unpaired) electrons. The minimum atomic E-state index is -3.54. The molecule has 1 saturated heterocycles. The first kappa shape index (κ1) is 22.8. The molecule has 2 rings (SSSR count). The number of hydrogen-bond acceptors (Lipinski definition) is 5. The smallest absolute Gasteiger partial charge is 0.303 e. The number of aliphatic carboxylic acids is 1. The summed E-state index contributed by atoms with van der Waals surface area (Å²) in [5.41, 5.74) is 0. The van der Waals surface area contributed by atoms with Crippen molar-refractivity contribution in [2.45, 2.75) is 24.2 Å². The van der Waals surface area contributed by atoms with E-state index in [1.165, 1.54) is 4.31 Å². The summed E-state index contributed by atoms with van der Waals surface area (Å²) in [6, 6.07) is 8.47. The van der Waals surface area contributed by atoms with Crippen LogP contribution in [0.5, 0.6) is 0 Å². The van der Waals surface area contributed by atoms with Gasteiger partial charge in [-0.2, -0.15) is 4.31 Å². The minimum absolute atomic E-state index is 0.0157. The monoisotopic (exact) mass is 411 g/mol. The maximum atomic E-state index is 13.0. The Labute approximate surface area is 169 Å². The van der Waals surface area contributed by atoms with Crippen LogP contribution in [-0.2, 0) is 14.8 Å². The Morgan fingerprint density at radius 3 is 2.39 bits per heavy atom. The van der Waals surface area contributed by atoms with E-state index in [0.29, 0.717) is 24.4 Å². The average molecular weight is 412 g/mol. The lowest BCUT2D eigenvalue weighted by Crippen LogP contribution is -2.45. The number of carboxylic acid groups (broad SMARTS) is 1. The number of sulfonamides is 1. The van der Waals surface area contributed by atoms with Crippen molar-refractivity contribution in [1.82, 2.24) is 14.1 Å². The van der Waals surface area contributed by atoms with Crippen molar-refractivity contribution < 1.29 is 18.3 Å². The molecule has 1 fully saturated rings. The van der Waals surface area contributed by atoms with Gasteiger partial charge in [-0.05, 0) is 64.5 Å². The van der Waals surface area contributed by atoms with Crippen molar-refractivity contribution in [2.75, 3.05) is 53.9 Å². The van der Waals surface area contributed by atoms with Crippen LogP contribution in [0.2, 0.25) is 0 Å². The van der Waals surface area contributed by atoms with E-state index in [4.69, 9.17) is 0 Å². The molecule has 0 aliphatic carbocycles. The molecule has 1 aliphatic heterocycles. The molecule has 0 saturated carbocycles. The molecule has 1 heterocycles. The molecule has 28 heavy (non-hydrogen) atoms. The zero-order valence-corrected chi connectivity index (χ0v) is 17.9. The number of likely N-dealkylation sites (N-methyl/N-ethyl adjacent to an activating group) is 2. The fourth-order valence-electron chi connectivity index (χ4n) is 3.70. The normalized spacial score (nSPS) is 21.3. The molecule has 0 bridgehead atoms. The first-order chi connectivity index (χ1) is 13.2. The van der Waals surface area contributed by atoms with E-state index in [2.05, 4.69) is 16.8 Å². The maximum absolute atomic E-state index is 13.0. The highest BCUT2D eigenvalue weighted by molar-refractivity contribution is 7.89. The first-order valence-electron chi connectivity index (χ1n) is 9.80. The largest absolute Gasteiger partial charge is 0.481 e. The fraction of sp³-hybridized carbons (Fsp3) is 0.650. The van der Waals surface area contributed by atoms with Gasteiger partial charge in [-0.1, -0.05) is 18.2 Å². The van der Waals surface area contributed by atoms with Gasteiger partial charge < -0.3 is 14.9 Å². The summed E-state index contributed by atoms with van der Waals surface area (Å²) in [7, 11) is 2.58. The van der Waals surface area contributed by atoms with E-state index in [0.717, 1.165) is 26.1 Å². The maximum Gasteiger partial charge on any atom is 0.303 e. The van der Waals surface area contributed by atoms with Crippen LogP contribution in [0.25, 0.3) is 0 Å². The van der Waals surface area contributed by atoms with Crippen molar-refractivity contribution >= 4 is 16.0 Å². The number of nitrogens with zero attached hydrogens (tertiary/aromatic N) is 3. The number of carbonyl (C=O) groups is 1. The molecule has 1 aromatic carbocycles. The molecule has 1 N–H and O–H groups in total. The summed E-state index contributed by atoms with van der Waals surface area (Å²) in [5, 5.41) is 9.26. The van der Waals surface area contributed by atoms with Crippen molar-refractivity contribution in [2.24, 2.45) is 11.8 Å². The highest BCUT2D eigenvalue weighted by atomic mass is 32.2. The van der Waals surface area contributed by atoms with E-state index in [1.807, 2.05) is 14.1 Å². The van der Waals surface area contributed by atoms with Gasteiger partial charge in [0.25, 0.3) is 0 Å². The Bertz CT molecular complexity index is 724. The van der Waals surface area contributed by atoms with Gasteiger partial charge in [0.05, 0.1) is 4.90 Å². The second-order valence-corrected chi connectivity index (χ2v) is 9.92. The molecule has 8 heteroatoms. The third kappa shape index (κ3) is 6.55. The predicted molar refractivity (Wildman–Crippen MR) is 110 cm³/mol. The van der Waals surface area contributed by atoms with Gasteiger partial charge in [0.15, 0.2) is 0 Å². The molecule has 1 aromatic rings. The van der Waals surface area contributed by atoms with Crippen LogP contribution in [0.1, 0.15) is 19.3 Å². The van der Waals surface area contributed by atoms with Crippen LogP contribution in [0.3, 0.4) is 0 Å². The summed E-state index contributed by atoms with van der Waals surface area (Å²) in [4.78, 5) is 15.9. The van der Waals surface area contributed by atoms with Gasteiger partial charge >= 0.3 is 5.97 Å². The van der Waals surface area contributed by atoms with Crippen LogP contribution < -0.4 is 0 Å². The van der Waals surface area contributed by atoms with Crippen molar-refractivity contribution in [3.8, 4) is 0 Å². The van der Waals surface area contributed by atoms with Crippen LogP contribution in [0.15, 0.2) is 35.2 Å². The summed E-state index contributed by atoms with van der Waals surface area (Å²) < 4.78 is 27.5. The van der Waals surface area contributed by atoms with Gasteiger partial charge in [-0.25, -0.2) is 8.42 Å². The van der Waals surface area contributed by atoms with Crippen LogP contribution in [0.4, 0.5) is 0 Å². The SMILES string of the molecule is CN(C)CCN(C)CCC1CN(S(=O)(=O)c2ccccc2)CCC1CC(=O)O. The molecule has 0 spiro atoms. The third-order valence-electron chi connectivity index (χ3n) is 5.48. The third-order valence-corrected chi connectivity index (χ3v) is 7.36. The minimum Gasteiger partial charge on any atom is -0.481 e. The Kier molecular flexibility index (Phi) is 8.42. The van der Waals surface area contributed by atoms with Gasteiger partial charge in [-0.15, -0.1) is 0 Å².